The number of aromatic nitrogens is 1. The van der Waals surface area contributed by atoms with Crippen LogP contribution in [-0.4, -0.2) is 28.3 Å². The highest BCUT2D eigenvalue weighted by Gasteiger charge is 2.34. The van der Waals surface area contributed by atoms with Crippen LogP contribution in [0.15, 0.2) is 23.4 Å². The first kappa shape index (κ1) is 11.7. The zero-order valence-corrected chi connectivity index (χ0v) is 9.92. The minimum atomic E-state index is -0.317. The zero-order chi connectivity index (χ0) is 12.4. The number of hydrazone groups is 1. The summed E-state index contributed by atoms with van der Waals surface area (Å²) in [6.45, 7) is 3.72. The lowest BCUT2D eigenvalue weighted by Crippen LogP contribution is -2.28. The Kier molecular flexibility index (Phi) is 3.19. The van der Waals surface area contributed by atoms with Gasteiger partial charge in [0.1, 0.15) is 0 Å². The van der Waals surface area contributed by atoms with Gasteiger partial charge in [-0.1, -0.05) is 6.07 Å². The van der Waals surface area contributed by atoms with Crippen LogP contribution in [0.3, 0.4) is 0 Å². The number of aryl methyl sites for hydroxylation is 1. The van der Waals surface area contributed by atoms with E-state index in [4.69, 9.17) is 5.11 Å². The Labute approximate surface area is 99.8 Å². The molecule has 2 rings (SSSR count). The van der Waals surface area contributed by atoms with Crippen LogP contribution in [0, 0.1) is 12.8 Å². The summed E-state index contributed by atoms with van der Waals surface area (Å²) in [5.41, 5.74) is 1.76. The topological polar surface area (TPSA) is 65.8 Å². The number of hydrogen-bond donors (Lipinski definition) is 1. The van der Waals surface area contributed by atoms with Crippen molar-refractivity contribution in [2.45, 2.75) is 20.3 Å². The summed E-state index contributed by atoms with van der Waals surface area (Å²) in [5, 5.41) is 14.4. The number of pyridine rings is 1. The van der Waals surface area contributed by atoms with Crippen molar-refractivity contribution < 1.29 is 9.90 Å². The lowest BCUT2D eigenvalue weighted by Gasteiger charge is -2.12. The SMILES string of the molecule is CC1=NN(c2ccc(C)cn2)C(=O)C1CCO. The zero-order valence-electron chi connectivity index (χ0n) is 9.92. The smallest absolute Gasteiger partial charge is 0.257 e. The summed E-state index contributed by atoms with van der Waals surface area (Å²) >= 11 is 0. The third-order valence-corrected chi connectivity index (χ3v) is 2.80. The molecule has 5 heteroatoms. The number of rotatable bonds is 3. The normalized spacial score (nSPS) is 19.7. The van der Waals surface area contributed by atoms with Gasteiger partial charge in [-0.05, 0) is 31.9 Å². The number of carbonyl (C=O) groups is 1. The molecule has 1 unspecified atom stereocenters. The molecule has 1 aliphatic heterocycles. The molecule has 0 bridgehead atoms. The van der Waals surface area contributed by atoms with E-state index in [-0.39, 0.29) is 18.4 Å². The minimum absolute atomic E-state index is 0.0154. The molecule has 17 heavy (non-hydrogen) atoms. The molecule has 0 aliphatic carbocycles. The van der Waals surface area contributed by atoms with Crippen molar-refractivity contribution in [3.8, 4) is 0 Å². The lowest BCUT2D eigenvalue weighted by molar-refractivity contribution is -0.120. The van der Waals surface area contributed by atoms with Crippen LogP contribution in [-0.2, 0) is 4.79 Å². The standard InChI is InChI=1S/C12H15N3O2/c1-8-3-4-11(13-7-8)15-12(17)10(5-6-16)9(2)14-15/h3-4,7,10,16H,5-6H2,1-2H3. The molecule has 1 aliphatic rings. The molecule has 1 atom stereocenters. The van der Waals surface area contributed by atoms with Gasteiger partial charge in [0, 0.05) is 18.5 Å². The largest absolute Gasteiger partial charge is 0.396 e. The average molecular weight is 233 g/mol. The summed E-state index contributed by atoms with van der Waals surface area (Å²) in [6.07, 6.45) is 2.11. The van der Waals surface area contributed by atoms with Gasteiger partial charge in [-0.15, -0.1) is 0 Å². The molecule has 0 aromatic carbocycles. The Hall–Kier alpha value is -1.75. The van der Waals surface area contributed by atoms with Crippen LogP contribution >= 0.6 is 0 Å². The monoisotopic (exact) mass is 233 g/mol. The molecule has 1 aromatic heterocycles. The highest BCUT2D eigenvalue weighted by molar-refractivity contribution is 6.14. The van der Waals surface area contributed by atoms with E-state index in [0.29, 0.717) is 12.2 Å². The lowest BCUT2D eigenvalue weighted by atomic mass is 10.0. The molecule has 5 nitrogen and oxygen atoms in total. The first-order chi connectivity index (χ1) is 8.13. The quantitative estimate of drug-likeness (QED) is 0.850. The number of nitrogens with zero attached hydrogens (tertiary/aromatic N) is 3. The predicted octanol–water partition coefficient (Wildman–Crippen LogP) is 1.11. The van der Waals surface area contributed by atoms with Gasteiger partial charge in [0.15, 0.2) is 5.82 Å². The predicted molar refractivity (Wildman–Crippen MR) is 64.8 cm³/mol. The van der Waals surface area contributed by atoms with Crippen molar-refractivity contribution >= 4 is 17.4 Å². The van der Waals surface area contributed by atoms with Gasteiger partial charge in [0.25, 0.3) is 5.91 Å². The van der Waals surface area contributed by atoms with Crippen LogP contribution in [0.5, 0.6) is 0 Å². The van der Waals surface area contributed by atoms with Crippen molar-refractivity contribution in [2.24, 2.45) is 11.0 Å². The van der Waals surface area contributed by atoms with Crippen LogP contribution in [0.1, 0.15) is 18.9 Å². The summed E-state index contributed by atoms with van der Waals surface area (Å²) in [4.78, 5) is 16.2. The number of hydrogen-bond acceptors (Lipinski definition) is 4. The van der Waals surface area contributed by atoms with Crippen LogP contribution in [0.4, 0.5) is 5.82 Å². The first-order valence-corrected chi connectivity index (χ1v) is 5.56. The van der Waals surface area contributed by atoms with Gasteiger partial charge in [-0.2, -0.15) is 10.1 Å². The fourth-order valence-electron chi connectivity index (χ4n) is 1.81. The number of amides is 1. The summed E-state index contributed by atoms with van der Waals surface area (Å²) in [6, 6.07) is 3.66. The maximum atomic E-state index is 12.1. The highest BCUT2D eigenvalue weighted by atomic mass is 16.3. The van der Waals surface area contributed by atoms with Crippen molar-refractivity contribution in [1.82, 2.24) is 4.98 Å². The third kappa shape index (κ3) is 2.19. The van der Waals surface area contributed by atoms with E-state index >= 15 is 0 Å². The van der Waals surface area contributed by atoms with E-state index in [1.165, 1.54) is 5.01 Å². The fourth-order valence-corrected chi connectivity index (χ4v) is 1.81. The van der Waals surface area contributed by atoms with Gasteiger partial charge in [0.2, 0.25) is 0 Å². The maximum absolute atomic E-state index is 12.1. The first-order valence-electron chi connectivity index (χ1n) is 5.56. The molecular formula is C12H15N3O2. The number of anilines is 1. The Morgan fingerprint density at radius 2 is 2.18 bits per heavy atom. The van der Waals surface area contributed by atoms with E-state index in [2.05, 4.69) is 10.1 Å². The van der Waals surface area contributed by atoms with E-state index in [1.807, 2.05) is 13.0 Å². The van der Waals surface area contributed by atoms with Gasteiger partial charge in [-0.3, -0.25) is 4.79 Å². The van der Waals surface area contributed by atoms with Gasteiger partial charge in [0.05, 0.1) is 5.92 Å². The third-order valence-electron chi connectivity index (χ3n) is 2.80. The van der Waals surface area contributed by atoms with E-state index < -0.39 is 0 Å². The molecular weight excluding hydrogens is 218 g/mol. The van der Waals surface area contributed by atoms with Gasteiger partial charge >= 0.3 is 0 Å². The molecule has 2 heterocycles. The second-order valence-electron chi connectivity index (χ2n) is 4.15. The molecule has 1 N–H and O–H groups in total. The molecule has 1 aromatic rings. The second-order valence-corrected chi connectivity index (χ2v) is 4.15. The van der Waals surface area contributed by atoms with Crippen LogP contribution in [0.25, 0.3) is 0 Å². The Morgan fingerprint density at radius 1 is 1.41 bits per heavy atom. The number of aliphatic hydroxyl groups excluding tert-OH is 1. The Bertz CT molecular complexity index is 453. The minimum Gasteiger partial charge on any atom is -0.396 e. The van der Waals surface area contributed by atoms with E-state index in [1.54, 1.807) is 19.2 Å². The summed E-state index contributed by atoms with van der Waals surface area (Å²) < 4.78 is 0. The number of aliphatic hydroxyl groups is 1. The molecule has 0 saturated carbocycles. The molecule has 0 saturated heterocycles. The maximum Gasteiger partial charge on any atom is 0.257 e. The molecule has 1 amide bonds. The van der Waals surface area contributed by atoms with E-state index in [0.717, 1.165) is 11.3 Å². The number of carbonyl (C=O) groups excluding carboxylic acids is 1. The van der Waals surface area contributed by atoms with Crippen molar-refractivity contribution in [2.75, 3.05) is 11.6 Å². The van der Waals surface area contributed by atoms with Crippen LogP contribution < -0.4 is 5.01 Å². The average Bonchev–Trinajstić information content (AvgIpc) is 2.59. The summed E-state index contributed by atoms with van der Waals surface area (Å²) in [5.74, 6) is 0.0939. The molecule has 0 spiro atoms. The Balaban J connectivity index is 2.24. The molecule has 0 fully saturated rings. The van der Waals surface area contributed by atoms with Crippen LogP contribution in [0.2, 0.25) is 0 Å². The second kappa shape index (κ2) is 4.63. The van der Waals surface area contributed by atoms with Crippen molar-refractivity contribution in [1.29, 1.82) is 0 Å². The van der Waals surface area contributed by atoms with Crippen molar-refractivity contribution in [3.63, 3.8) is 0 Å². The highest BCUT2D eigenvalue weighted by Crippen LogP contribution is 2.23. The fraction of sp³-hybridized carbons (Fsp3) is 0.417. The van der Waals surface area contributed by atoms with E-state index in [9.17, 15) is 4.79 Å². The van der Waals surface area contributed by atoms with Gasteiger partial charge in [-0.25, -0.2) is 4.98 Å². The molecule has 90 valence electrons. The Morgan fingerprint density at radius 3 is 2.76 bits per heavy atom. The van der Waals surface area contributed by atoms with Gasteiger partial charge < -0.3 is 5.11 Å². The molecule has 0 radical (unpaired) electrons. The van der Waals surface area contributed by atoms with Crippen molar-refractivity contribution in [3.05, 3.63) is 23.9 Å². The summed E-state index contributed by atoms with van der Waals surface area (Å²) in [7, 11) is 0.